The molecule has 2 rings (SSSR count). The Morgan fingerprint density at radius 3 is 2.70 bits per heavy atom. The predicted molar refractivity (Wildman–Crippen MR) is 76.9 cm³/mol. The van der Waals surface area contributed by atoms with E-state index in [2.05, 4.69) is 15.5 Å². The van der Waals surface area contributed by atoms with E-state index in [1.54, 1.807) is 10.7 Å². The topological polar surface area (TPSA) is 80.9 Å². The molecule has 20 heavy (non-hydrogen) atoms. The minimum absolute atomic E-state index is 0.0410. The highest BCUT2D eigenvalue weighted by atomic mass is 35.5. The molecule has 2 aromatic rings. The molecule has 0 aliphatic carbocycles. The van der Waals surface area contributed by atoms with Crippen molar-refractivity contribution in [3.05, 3.63) is 16.5 Å². The molecule has 0 saturated carbocycles. The summed E-state index contributed by atoms with van der Waals surface area (Å²) in [6.07, 6.45) is -0.0410. The predicted octanol–water partition coefficient (Wildman–Crippen LogP) is 3.12. The van der Waals surface area contributed by atoms with Crippen LogP contribution in [0.1, 0.15) is 33.2 Å². The average Bonchev–Trinajstić information content (AvgIpc) is 2.92. The number of carboxylic acids is 1. The van der Waals surface area contributed by atoms with E-state index in [0.29, 0.717) is 10.2 Å². The fourth-order valence-electron chi connectivity index (χ4n) is 1.93. The molecule has 1 N–H and O–H groups in total. The summed E-state index contributed by atoms with van der Waals surface area (Å²) >= 11 is 7.29. The maximum absolute atomic E-state index is 11.1. The van der Waals surface area contributed by atoms with E-state index in [0.717, 1.165) is 4.88 Å². The molecule has 0 aromatic carbocycles. The fourth-order valence-corrected chi connectivity index (χ4v) is 2.95. The molecular weight excluding hydrogens is 300 g/mol. The number of nitrogens with zero attached hydrogens (tertiary/aromatic N) is 4. The molecule has 0 amide bonds. The van der Waals surface area contributed by atoms with Gasteiger partial charge in [0.25, 0.3) is 0 Å². The first kappa shape index (κ1) is 14.9. The molecule has 8 heteroatoms. The summed E-state index contributed by atoms with van der Waals surface area (Å²) < 4.78 is 2.22. The Balaban J connectivity index is 2.45. The summed E-state index contributed by atoms with van der Waals surface area (Å²) in [5.41, 5.74) is -0.288. The summed E-state index contributed by atoms with van der Waals surface area (Å²) in [4.78, 5) is 11.9. The first-order valence-corrected chi connectivity index (χ1v) is 7.24. The SMILES string of the molecule is CC(C)(C)C(CC(=O)O)n1nnnc1-c1ccc(Cl)s1. The van der Waals surface area contributed by atoms with Crippen molar-refractivity contribution in [2.75, 3.05) is 0 Å². The maximum atomic E-state index is 11.1. The number of thiophene rings is 1. The minimum atomic E-state index is -0.879. The molecule has 0 bridgehead atoms. The van der Waals surface area contributed by atoms with E-state index in [9.17, 15) is 4.79 Å². The van der Waals surface area contributed by atoms with Crippen molar-refractivity contribution in [3.63, 3.8) is 0 Å². The van der Waals surface area contributed by atoms with E-state index in [1.165, 1.54) is 11.3 Å². The number of tetrazole rings is 1. The Labute approximate surface area is 125 Å². The number of aliphatic carboxylic acids is 1. The molecule has 2 aromatic heterocycles. The van der Waals surface area contributed by atoms with Gasteiger partial charge in [-0.15, -0.1) is 16.4 Å². The van der Waals surface area contributed by atoms with Crippen molar-refractivity contribution in [1.29, 1.82) is 0 Å². The van der Waals surface area contributed by atoms with E-state index >= 15 is 0 Å². The normalized spacial score (nSPS) is 13.4. The highest BCUT2D eigenvalue weighted by molar-refractivity contribution is 7.19. The van der Waals surface area contributed by atoms with Crippen LogP contribution in [0, 0.1) is 5.41 Å². The van der Waals surface area contributed by atoms with Gasteiger partial charge >= 0.3 is 5.97 Å². The van der Waals surface area contributed by atoms with Gasteiger partial charge in [0.05, 0.1) is 21.7 Å². The molecule has 1 atom stereocenters. The molecule has 0 fully saturated rings. The van der Waals surface area contributed by atoms with Gasteiger partial charge in [-0.2, -0.15) is 0 Å². The lowest BCUT2D eigenvalue weighted by Crippen LogP contribution is -2.28. The highest BCUT2D eigenvalue weighted by Crippen LogP contribution is 2.37. The van der Waals surface area contributed by atoms with Gasteiger partial charge in [-0.05, 0) is 28.0 Å². The van der Waals surface area contributed by atoms with Crippen LogP contribution in [0.25, 0.3) is 10.7 Å². The van der Waals surface area contributed by atoms with Crippen molar-refractivity contribution >= 4 is 28.9 Å². The quantitative estimate of drug-likeness (QED) is 0.937. The Morgan fingerprint density at radius 2 is 2.20 bits per heavy atom. The molecule has 0 saturated heterocycles. The Kier molecular flexibility index (Phi) is 4.10. The summed E-state index contributed by atoms with van der Waals surface area (Å²) in [7, 11) is 0. The summed E-state index contributed by atoms with van der Waals surface area (Å²) in [5.74, 6) is -0.335. The average molecular weight is 315 g/mol. The molecule has 108 valence electrons. The van der Waals surface area contributed by atoms with Crippen molar-refractivity contribution < 1.29 is 9.90 Å². The lowest BCUT2D eigenvalue weighted by atomic mass is 9.85. The molecule has 0 aliphatic heterocycles. The van der Waals surface area contributed by atoms with Gasteiger partial charge in [0, 0.05) is 0 Å². The Hall–Kier alpha value is -1.47. The molecular formula is C12H15ClN4O2S. The van der Waals surface area contributed by atoms with Crippen molar-refractivity contribution in [3.8, 4) is 10.7 Å². The van der Waals surface area contributed by atoms with E-state index in [-0.39, 0.29) is 17.9 Å². The van der Waals surface area contributed by atoms with Gasteiger partial charge in [-0.3, -0.25) is 4.79 Å². The zero-order valence-electron chi connectivity index (χ0n) is 11.4. The van der Waals surface area contributed by atoms with Crippen LogP contribution in [0.3, 0.4) is 0 Å². The molecule has 0 radical (unpaired) electrons. The first-order valence-electron chi connectivity index (χ1n) is 6.04. The second-order valence-corrected chi connectivity index (χ2v) is 7.25. The number of hydrogen-bond donors (Lipinski definition) is 1. The monoisotopic (exact) mass is 314 g/mol. The van der Waals surface area contributed by atoms with Crippen LogP contribution >= 0.6 is 22.9 Å². The zero-order chi connectivity index (χ0) is 14.9. The van der Waals surface area contributed by atoms with Crippen molar-refractivity contribution in [1.82, 2.24) is 20.2 Å². The van der Waals surface area contributed by atoms with Gasteiger partial charge in [-0.25, -0.2) is 4.68 Å². The van der Waals surface area contributed by atoms with Crippen molar-refractivity contribution in [2.24, 2.45) is 5.41 Å². The lowest BCUT2D eigenvalue weighted by Gasteiger charge is -2.29. The third-order valence-electron chi connectivity index (χ3n) is 2.95. The molecule has 2 heterocycles. The second kappa shape index (κ2) is 5.49. The summed E-state index contributed by atoms with van der Waals surface area (Å²) in [6.45, 7) is 5.90. The van der Waals surface area contributed by atoms with E-state index < -0.39 is 5.97 Å². The van der Waals surface area contributed by atoms with Gasteiger partial charge in [0.2, 0.25) is 0 Å². The standard InChI is InChI=1S/C12H15ClN4O2S/c1-12(2,3)8(6-10(18)19)17-11(14-15-16-17)7-4-5-9(13)20-7/h4-5,8H,6H2,1-3H3,(H,18,19). The smallest absolute Gasteiger partial charge is 0.305 e. The lowest BCUT2D eigenvalue weighted by molar-refractivity contribution is -0.138. The second-order valence-electron chi connectivity index (χ2n) is 5.53. The van der Waals surface area contributed by atoms with Crippen LogP contribution in [0.15, 0.2) is 12.1 Å². The van der Waals surface area contributed by atoms with Crippen molar-refractivity contribution in [2.45, 2.75) is 33.2 Å². The van der Waals surface area contributed by atoms with Gasteiger partial charge in [0.1, 0.15) is 0 Å². The van der Waals surface area contributed by atoms with Gasteiger partial charge < -0.3 is 5.11 Å². The van der Waals surface area contributed by atoms with Crippen LogP contribution in [0.5, 0.6) is 0 Å². The third-order valence-corrected chi connectivity index (χ3v) is 4.18. The van der Waals surface area contributed by atoms with Crippen LogP contribution < -0.4 is 0 Å². The van der Waals surface area contributed by atoms with E-state index in [1.807, 2.05) is 26.8 Å². The first-order chi connectivity index (χ1) is 9.29. The number of carboxylic acid groups (broad SMARTS) is 1. The number of carbonyl (C=O) groups is 1. The number of hydrogen-bond acceptors (Lipinski definition) is 5. The van der Waals surface area contributed by atoms with Crippen LogP contribution in [0.2, 0.25) is 4.34 Å². The largest absolute Gasteiger partial charge is 0.481 e. The molecule has 6 nitrogen and oxygen atoms in total. The number of rotatable bonds is 4. The Bertz CT molecular complexity index is 617. The van der Waals surface area contributed by atoms with Crippen LogP contribution in [0.4, 0.5) is 0 Å². The molecule has 0 aliphatic rings. The van der Waals surface area contributed by atoms with Crippen LogP contribution in [-0.4, -0.2) is 31.3 Å². The fraction of sp³-hybridized carbons (Fsp3) is 0.500. The third kappa shape index (κ3) is 3.16. The zero-order valence-corrected chi connectivity index (χ0v) is 12.9. The highest BCUT2D eigenvalue weighted by Gasteiger charge is 2.32. The maximum Gasteiger partial charge on any atom is 0.305 e. The summed E-state index contributed by atoms with van der Waals surface area (Å²) in [5, 5.41) is 20.8. The number of halogens is 1. The van der Waals surface area contributed by atoms with Gasteiger partial charge in [-0.1, -0.05) is 32.4 Å². The number of aromatic nitrogens is 4. The van der Waals surface area contributed by atoms with Crippen LogP contribution in [-0.2, 0) is 4.79 Å². The van der Waals surface area contributed by atoms with E-state index in [4.69, 9.17) is 16.7 Å². The van der Waals surface area contributed by atoms with Gasteiger partial charge in [0.15, 0.2) is 5.82 Å². The molecule has 0 spiro atoms. The summed E-state index contributed by atoms with van der Waals surface area (Å²) in [6, 6.07) is 3.25. The Morgan fingerprint density at radius 1 is 1.50 bits per heavy atom. The molecule has 1 unspecified atom stereocenters. The minimum Gasteiger partial charge on any atom is -0.481 e.